The van der Waals surface area contributed by atoms with Gasteiger partial charge in [-0.1, -0.05) is 127 Å². The van der Waals surface area contributed by atoms with Gasteiger partial charge < -0.3 is 9.13 Å². The van der Waals surface area contributed by atoms with Gasteiger partial charge in [-0.2, -0.15) is 0 Å². The van der Waals surface area contributed by atoms with Crippen LogP contribution in [0.5, 0.6) is 0 Å². The molecule has 2 nitrogen and oxygen atoms in total. The van der Waals surface area contributed by atoms with Gasteiger partial charge in [0, 0.05) is 44.3 Å². The smallest absolute Gasteiger partial charge is 0.0620 e. The molecule has 0 spiro atoms. The fourth-order valence-electron chi connectivity index (χ4n) is 10.1. The van der Waals surface area contributed by atoms with Gasteiger partial charge in [0.25, 0.3) is 0 Å². The molecule has 8 aromatic carbocycles. The molecule has 0 fully saturated rings. The minimum atomic E-state index is 0.289. The first kappa shape index (κ1) is 33.0. The van der Waals surface area contributed by atoms with Gasteiger partial charge in [-0.05, 0) is 131 Å². The molecule has 1 aliphatic heterocycles. The molecule has 1 aliphatic carbocycles. The summed E-state index contributed by atoms with van der Waals surface area (Å²) in [4.78, 5) is 0. The fourth-order valence-corrected chi connectivity index (χ4v) is 10.1. The molecule has 2 aliphatic rings. The number of hydrogen-bond acceptors (Lipinski definition) is 0. The lowest BCUT2D eigenvalue weighted by atomic mass is 9.80. The minimum absolute atomic E-state index is 0.289. The Kier molecular flexibility index (Phi) is 7.22. The third-order valence-corrected chi connectivity index (χ3v) is 12.9. The topological polar surface area (TPSA) is 9.86 Å². The zero-order chi connectivity index (χ0) is 38.5. The normalized spacial score (nSPS) is 14.7. The summed E-state index contributed by atoms with van der Waals surface area (Å²) in [6.45, 7) is 4.49. The van der Waals surface area contributed by atoms with Crippen molar-refractivity contribution in [3.8, 4) is 44.8 Å². The van der Waals surface area contributed by atoms with E-state index < -0.39 is 0 Å². The highest BCUT2D eigenvalue weighted by molar-refractivity contribution is 6.18. The van der Waals surface area contributed by atoms with Crippen LogP contribution in [-0.4, -0.2) is 9.13 Å². The summed E-state index contributed by atoms with van der Waals surface area (Å²) in [6, 6.07) is 65.6. The third kappa shape index (κ3) is 4.85. The molecule has 2 aromatic heterocycles. The van der Waals surface area contributed by atoms with Gasteiger partial charge >= 0.3 is 0 Å². The summed E-state index contributed by atoms with van der Waals surface area (Å²) in [5, 5.41) is 5.08. The van der Waals surface area contributed by atoms with E-state index in [0.717, 1.165) is 6.42 Å². The van der Waals surface area contributed by atoms with E-state index in [9.17, 15) is 0 Å². The van der Waals surface area contributed by atoms with Gasteiger partial charge in [-0.15, -0.1) is 0 Å². The molecule has 0 N–H and O–H groups in total. The Balaban J connectivity index is 1.06. The second kappa shape index (κ2) is 12.7. The molecule has 1 unspecified atom stereocenters. The van der Waals surface area contributed by atoms with Gasteiger partial charge in [-0.25, -0.2) is 0 Å². The Morgan fingerprint density at radius 2 is 1.09 bits per heavy atom. The SMILES string of the molecule is CC1=C(c2ccccc2C)CC(c2ccc3c(c2)-c2ccccc2-c2cc(-c4ccc5c(c4)c4ccccc4n5-c4ccccc4)cc4c5ccccc5n-3c24)C=C1. The summed E-state index contributed by atoms with van der Waals surface area (Å²) in [5.74, 6) is 0.289. The van der Waals surface area contributed by atoms with Crippen molar-refractivity contribution in [2.24, 2.45) is 0 Å². The monoisotopic (exact) mass is 740 g/mol. The van der Waals surface area contributed by atoms with Crippen LogP contribution in [0.1, 0.15) is 36.0 Å². The first-order valence-corrected chi connectivity index (χ1v) is 20.4. The molecular formula is C56H40N2. The van der Waals surface area contributed by atoms with Crippen LogP contribution < -0.4 is 0 Å². The van der Waals surface area contributed by atoms with Crippen LogP contribution in [0.2, 0.25) is 0 Å². The highest BCUT2D eigenvalue weighted by Gasteiger charge is 2.27. The van der Waals surface area contributed by atoms with Crippen LogP contribution >= 0.6 is 0 Å². The number of para-hydroxylation sites is 3. The van der Waals surface area contributed by atoms with E-state index in [2.05, 4.69) is 211 Å². The second-order valence-corrected chi connectivity index (χ2v) is 16.2. The summed E-state index contributed by atoms with van der Waals surface area (Å²) >= 11 is 0. The zero-order valence-electron chi connectivity index (χ0n) is 32.6. The maximum atomic E-state index is 2.54. The Bertz CT molecular complexity index is 3390. The molecule has 1 atom stereocenters. The van der Waals surface area contributed by atoms with Crippen molar-refractivity contribution in [3.05, 3.63) is 210 Å². The minimum Gasteiger partial charge on any atom is -0.309 e. The Morgan fingerprint density at radius 1 is 0.448 bits per heavy atom. The van der Waals surface area contributed by atoms with E-state index >= 15 is 0 Å². The second-order valence-electron chi connectivity index (χ2n) is 16.2. The van der Waals surface area contributed by atoms with Crippen molar-refractivity contribution < 1.29 is 0 Å². The highest BCUT2D eigenvalue weighted by atomic mass is 15.0. The molecule has 0 radical (unpaired) electrons. The molecule has 10 aromatic rings. The number of nitrogens with zero attached hydrogens (tertiary/aromatic N) is 2. The Labute approximate surface area is 338 Å². The number of aryl methyl sites for hydroxylation is 1. The number of aromatic nitrogens is 2. The molecule has 58 heavy (non-hydrogen) atoms. The van der Waals surface area contributed by atoms with E-state index in [1.165, 1.54) is 116 Å². The number of allylic oxidation sites excluding steroid dienone is 4. The summed E-state index contributed by atoms with van der Waals surface area (Å²) < 4.78 is 4.93. The molecule has 2 heteroatoms. The van der Waals surface area contributed by atoms with E-state index in [4.69, 9.17) is 0 Å². The lowest BCUT2D eigenvalue weighted by Crippen LogP contribution is -2.05. The molecule has 12 rings (SSSR count). The molecule has 0 amide bonds. The Hall–Kier alpha value is -7.16. The molecule has 3 heterocycles. The fraction of sp³-hybridized carbons (Fsp3) is 0.0714. The first-order chi connectivity index (χ1) is 28.6. The molecule has 0 saturated carbocycles. The van der Waals surface area contributed by atoms with Crippen LogP contribution in [0.15, 0.2) is 194 Å². The number of benzene rings is 8. The van der Waals surface area contributed by atoms with Crippen LogP contribution in [0.3, 0.4) is 0 Å². The maximum Gasteiger partial charge on any atom is 0.0620 e. The van der Waals surface area contributed by atoms with Gasteiger partial charge in [0.2, 0.25) is 0 Å². The van der Waals surface area contributed by atoms with Gasteiger partial charge in [0.1, 0.15) is 0 Å². The lowest BCUT2D eigenvalue weighted by molar-refractivity contribution is 0.858. The quantitative estimate of drug-likeness (QED) is 0.170. The van der Waals surface area contributed by atoms with Gasteiger partial charge in [0.15, 0.2) is 0 Å². The predicted molar refractivity (Wildman–Crippen MR) is 245 cm³/mol. The van der Waals surface area contributed by atoms with Crippen LogP contribution in [0.4, 0.5) is 0 Å². The number of hydrogen-bond donors (Lipinski definition) is 0. The van der Waals surface area contributed by atoms with Crippen molar-refractivity contribution in [2.75, 3.05) is 0 Å². The van der Waals surface area contributed by atoms with Gasteiger partial charge in [0.05, 0.1) is 27.8 Å². The standard InChI is InChI=1S/C56H40N2/c1-35-14-6-7-17-42(35)47-30-37(25-24-36(47)2)38-26-29-55-48(31-38)43-18-8-9-19-44(43)50-33-40(34-51-46-21-11-13-23-53(46)58(55)56(50)51)39-27-28-54-49(32-39)45-20-10-12-22-52(45)57(54)41-15-4-3-5-16-41/h3-29,31-34,37H,30H2,1-2H3. The number of fused-ring (bicyclic) bond motifs is 11. The highest BCUT2D eigenvalue weighted by Crippen LogP contribution is 2.50. The zero-order valence-corrected chi connectivity index (χ0v) is 32.6. The lowest BCUT2D eigenvalue weighted by Gasteiger charge is -2.24. The summed E-state index contributed by atoms with van der Waals surface area (Å²) in [5.41, 5.74) is 21.7. The van der Waals surface area contributed by atoms with E-state index in [-0.39, 0.29) is 5.92 Å². The maximum absolute atomic E-state index is 2.54. The van der Waals surface area contributed by atoms with E-state index in [1.54, 1.807) is 0 Å². The molecule has 0 saturated heterocycles. The van der Waals surface area contributed by atoms with Crippen molar-refractivity contribution >= 4 is 49.2 Å². The first-order valence-electron chi connectivity index (χ1n) is 20.4. The average Bonchev–Trinajstić information content (AvgIpc) is 3.75. The van der Waals surface area contributed by atoms with Crippen molar-refractivity contribution in [1.29, 1.82) is 0 Å². The molecular weight excluding hydrogens is 701 g/mol. The van der Waals surface area contributed by atoms with E-state index in [0.29, 0.717) is 0 Å². The largest absolute Gasteiger partial charge is 0.309 e. The molecule has 0 bridgehead atoms. The van der Waals surface area contributed by atoms with Crippen LogP contribution in [-0.2, 0) is 0 Å². The van der Waals surface area contributed by atoms with E-state index in [1.807, 2.05) is 0 Å². The summed E-state index contributed by atoms with van der Waals surface area (Å²) in [6.07, 6.45) is 5.74. The average molecular weight is 741 g/mol. The van der Waals surface area contributed by atoms with Crippen molar-refractivity contribution in [3.63, 3.8) is 0 Å². The van der Waals surface area contributed by atoms with Crippen LogP contribution in [0.25, 0.3) is 93.9 Å². The Morgan fingerprint density at radius 3 is 1.88 bits per heavy atom. The van der Waals surface area contributed by atoms with Gasteiger partial charge in [-0.3, -0.25) is 0 Å². The molecule has 274 valence electrons. The van der Waals surface area contributed by atoms with Crippen molar-refractivity contribution in [2.45, 2.75) is 26.2 Å². The van der Waals surface area contributed by atoms with Crippen LogP contribution in [0, 0.1) is 6.92 Å². The van der Waals surface area contributed by atoms with Crippen molar-refractivity contribution in [1.82, 2.24) is 9.13 Å². The summed E-state index contributed by atoms with van der Waals surface area (Å²) in [7, 11) is 0. The number of rotatable bonds is 4. The third-order valence-electron chi connectivity index (χ3n) is 12.9. The predicted octanol–water partition coefficient (Wildman–Crippen LogP) is 15.0.